The minimum absolute atomic E-state index is 0.305. The van der Waals surface area contributed by atoms with Gasteiger partial charge in [0, 0.05) is 20.0 Å². The SMILES string of the molecule is COP1(=O)C(Cc2ccccc2)NC(=O)NC1Cc1ccccc1. The molecule has 1 fully saturated rings. The first-order valence-electron chi connectivity index (χ1n) is 7.92. The van der Waals surface area contributed by atoms with E-state index in [1.165, 1.54) is 7.11 Å². The maximum Gasteiger partial charge on any atom is 0.316 e. The largest absolute Gasteiger partial charge is 0.329 e. The molecule has 0 saturated carbocycles. The van der Waals surface area contributed by atoms with E-state index >= 15 is 0 Å². The number of urea groups is 1. The van der Waals surface area contributed by atoms with Crippen molar-refractivity contribution in [1.29, 1.82) is 0 Å². The average Bonchev–Trinajstić information content (AvgIpc) is 2.61. The number of amides is 2. The molecular formula is C18H21N2O3P. The lowest BCUT2D eigenvalue weighted by atomic mass is 10.1. The Kier molecular flexibility index (Phi) is 5.03. The topological polar surface area (TPSA) is 67.4 Å². The van der Waals surface area contributed by atoms with Gasteiger partial charge in [0.15, 0.2) is 0 Å². The van der Waals surface area contributed by atoms with Gasteiger partial charge in [-0.25, -0.2) is 4.79 Å². The second-order valence-corrected chi connectivity index (χ2v) is 8.76. The number of hydrogen-bond donors (Lipinski definition) is 2. The zero-order valence-electron chi connectivity index (χ0n) is 13.5. The van der Waals surface area contributed by atoms with Gasteiger partial charge >= 0.3 is 6.03 Å². The lowest BCUT2D eigenvalue weighted by Crippen LogP contribution is -2.55. The lowest BCUT2D eigenvalue weighted by molar-refractivity contribution is 0.230. The van der Waals surface area contributed by atoms with E-state index in [9.17, 15) is 9.36 Å². The van der Waals surface area contributed by atoms with Gasteiger partial charge in [-0.2, -0.15) is 0 Å². The maximum absolute atomic E-state index is 13.5. The van der Waals surface area contributed by atoms with Crippen molar-refractivity contribution in [3.8, 4) is 0 Å². The van der Waals surface area contributed by atoms with Crippen LogP contribution in [0.3, 0.4) is 0 Å². The standard InChI is InChI=1S/C18H21N2O3P/c1-23-24(22)16(12-14-8-4-2-5-9-14)19-18(21)20-17(24)13-15-10-6-3-7-11-15/h2-11,16-17H,12-13H2,1H3,(H2,19,20,21). The zero-order chi connectivity index (χ0) is 17.0. The van der Waals surface area contributed by atoms with Crippen molar-refractivity contribution in [3.05, 3.63) is 71.8 Å². The van der Waals surface area contributed by atoms with Gasteiger partial charge in [0.1, 0.15) is 11.6 Å². The summed E-state index contributed by atoms with van der Waals surface area (Å²) in [5, 5.41) is 5.57. The van der Waals surface area contributed by atoms with Crippen LogP contribution in [0.25, 0.3) is 0 Å². The summed E-state index contributed by atoms with van der Waals surface area (Å²) in [4.78, 5) is 12.1. The Morgan fingerprint density at radius 2 is 1.29 bits per heavy atom. The molecule has 2 N–H and O–H groups in total. The van der Waals surface area contributed by atoms with Crippen LogP contribution in [0.15, 0.2) is 60.7 Å². The molecule has 5 nitrogen and oxygen atoms in total. The molecule has 2 aromatic rings. The molecule has 0 radical (unpaired) electrons. The molecule has 0 spiro atoms. The Hall–Kier alpha value is -2.10. The highest BCUT2D eigenvalue weighted by molar-refractivity contribution is 7.60. The van der Waals surface area contributed by atoms with Crippen LogP contribution < -0.4 is 10.6 Å². The van der Waals surface area contributed by atoms with Crippen LogP contribution in [-0.4, -0.2) is 24.7 Å². The number of benzene rings is 2. The minimum Gasteiger partial charge on any atom is -0.329 e. The molecule has 6 heteroatoms. The molecule has 2 aromatic carbocycles. The predicted octanol–water partition coefficient (Wildman–Crippen LogP) is 3.36. The Morgan fingerprint density at radius 3 is 1.67 bits per heavy atom. The molecule has 1 heterocycles. The normalized spacial score (nSPS) is 26.5. The summed E-state index contributed by atoms with van der Waals surface area (Å²) in [5.74, 6) is -1.07. The fourth-order valence-corrected chi connectivity index (χ4v) is 5.50. The summed E-state index contributed by atoms with van der Waals surface area (Å²) in [5.41, 5.74) is 2.03. The molecule has 126 valence electrons. The van der Waals surface area contributed by atoms with Gasteiger partial charge in [-0.3, -0.25) is 4.57 Å². The Balaban J connectivity index is 1.85. The predicted molar refractivity (Wildman–Crippen MR) is 94.2 cm³/mol. The highest BCUT2D eigenvalue weighted by Gasteiger charge is 2.46. The van der Waals surface area contributed by atoms with Crippen molar-refractivity contribution in [3.63, 3.8) is 0 Å². The highest BCUT2D eigenvalue weighted by Crippen LogP contribution is 2.56. The van der Waals surface area contributed by atoms with Gasteiger partial charge in [-0.15, -0.1) is 0 Å². The summed E-state index contributed by atoms with van der Waals surface area (Å²) in [6, 6.07) is 19.1. The average molecular weight is 344 g/mol. The van der Waals surface area contributed by atoms with Crippen molar-refractivity contribution in [2.45, 2.75) is 24.4 Å². The van der Waals surface area contributed by atoms with Gasteiger partial charge in [-0.05, 0) is 11.1 Å². The number of rotatable bonds is 5. The minimum atomic E-state index is -3.13. The molecule has 0 bridgehead atoms. The third kappa shape index (κ3) is 3.53. The van der Waals surface area contributed by atoms with Crippen molar-refractivity contribution in [2.75, 3.05) is 7.11 Å². The van der Waals surface area contributed by atoms with Crippen LogP contribution in [0.1, 0.15) is 11.1 Å². The Labute approximate surface area is 141 Å². The van der Waals surface area contributed by atoms with E-state index in [1.807, 2.05) is 60.7 Å². The van der Waals surface area contributed by atoms with Crippen LogP contribution >= 0.6 is 7.37 Å². The third-order valence-corrected chi connectivity index (χ3v) is 7.23. The number of carbonyl (C=O) groups is 1. The van der Waals surface area contributed by atoms with Gasteiger partial charge < -0.3 is 15.2 Å². The molecule has 2 unspecified atom stereocenters. The van der Waals surface area contributed by atoms with Gasteiger partial charge in [0.05, 0.1) is 0 Å². The van der Waals surface area contributed by atoms with E-state index in [0.717, 1.165) is 11.1 Å². The molecule has 0 aromatic heterocycles. The summed E-state index contributed by atoms with van der Waals surface area (Å²) in [7, 11) is -1.67. The zero-order valence-corrected chi connectivity index (χ0v) is 14.4. The first-order valence-corrected chi connectivity index (χ1v) is 9.68. The van der Waals surface area contributed by atoms with Gasteiger partial charge in [-0.1, -0.05) is 60.7 Å². The van der Waals surface area contributed by atoms with E-state index in [-0.39, 0.29) is 6.03 Å². The molecule has 3 rings (SSSR count). The van der Waals surface area contributed by atoms with Crippen molar-refractivity contribution in [2.24, 2.45) is 0 Å². The molecule has 0 aliphatic carbocycles. The molecule has 2 atom stereocenters. The molecule has 2 amide bonds. The molecule has 1 saturated heterocycles. The smallest absolute Gasteiger partial charge is 0.316 e. The van der Waals surface area contributed by atoms with E-state index in [4.69, 9.17) is 4.52 Å². The van der Waals surface area contributed by atoms with E-state index in [1.54, 1.807) is 0 Å². The molecule has 1 aliphatic heterocycles. The fraction of sp³-hybridized carbons (Fsp3) is 0.278. The Morgan fingerprint density at radius 1 is 0.875 bits per heavy atom. The van der Waals surface area contributed by atoms with Crippen LogP contribution in [0.2, 0.25) is 0 Å². The van der Waals surface area contributed by atoms with E-state index in [0.29, 0.717) is 12.8 Å². The van der Waals surface area contributed by atoms with E-state index in [2.05, 4.69) is 10.6 Å². The Bertz CT molecular complexity index is 679. The van der Waals surface area contributed by atoms with Crippen molar-refractivity contribution >= 4 is 13.4 Å². The molecule has 1 aliphatic rings. The van der Waals surface area contributed by atoms with E-state index < -0.39 is 18.9 Å². The van der Waals surface area contributed by atoms with Crippen LogP contribution in [0.4, 0.5) is 4.79 Å². The third-order valence-electron chi connectivity index (χ3n) is 4.29. The number of hydrogen-bond acceptors (Lipinski definition) is 3. The number of nitrogens with one attached hydrogen (secondary N) is 2. The van der Waals surface area contributed by atoms with Gasteiger partial charge in [0.25, 0.3) is 0 Å². The van der Waals surface area contributed by atoms with Crippen molar-refractivity contribution < 1.29 is 13.9 Å². The summed E-state index contributed by atoms with van der Waals surface area (Å²) in [6.07, 6.45) is 0.954. The molecule has 24 heavy (non-hydrogen) atoms. The molecular weight excluding hydrogens is 323 g/mol. The van der Waals surface area contributed by atoms with Crippen LogP contribution in [0, 0.1) is 0 Å². The summed E-state index contributed by atoms with van der Waals surface area (Å²) < 4.78 is 19.0. The first kappa shape index (κ1) is 16.7. The lowest BCUT2D eigenvalue weighted by Gasteiger charge is -2.38. The maximum atomic E-state index is 13.5. The second kappa shape index (κ2) is 7.20. The summed E-state index contributed by atoms with van der Waals surface area (Å²) in [6.45, 7) is 0. The van der Waals surface area contributed by atoms with Crippen LogP contribution in [-0.2, 0) is 21.9 Å². The summed E-state index contributed by atoms with van der Waals surface area (Å²) >= 11 is 0. The highest BCUT2D eigenvalue weighted by atomic mass is 31.2. The first-order chi connectivity index (χ1) is 11.6. The van der Waals surface area contributed by atoms with Crippen molar-refractivity contribution in [1.82, 2.24) is 10.6 Å². The fourth-order valence-electron chi connectivity index (χ4n) is 3.03. The number of carbonyl (C=O) groups excluding carboxylic acids is 1. The van der Waals surface area contributed by atoms with Crippen LogP contribution in [0.5, 0.6) is 0 Å². The quantitative estimate of drug-likeness (QED) is 0.817. The monoisotopic (exact) mass is 344 g/mol. The van der Waals surface area contributed by atoms with Gasteiger partial charge in [0.2, 0.25) is 7.37 Å². The second-order valence-electron chi connectivity index (χ2n) is 5.86.